The Labute approximate surface area is 380 Å². The van der Waals surface area contributed by atoms with Crippen molar-refractivity contribution < 1.29 is 37.9 Å². The van der Waals surface area contributed by atoms with Crippen molar-refractivity contribution in [2.24, 2.45) is 0 Å². The number of hydrogen-bond donors (Lipinski definition) is 3. The Balaban J connectivity index is 3.59. The van der Waals surface area contributed by atoms with Crippen molar-refractivity contribution in [1.82, 2.24) is 5.32 Å². The SMILES string of the molecule is CC/C=C\C/C=C\C/C=C\C/C=C\C/C=C\CCCCCCCCCC(=O)OCC(O)COP(=O)(O)OCCNC(=O)CCCCCCCCCCCCCCCCCCCC. The van der Waals surface area contributed by atoms with Crippen molar-refractivity contribution in [3.63, 3.8) is 0 Å². The number of carbonyl (C=O) groups is 2. The van der Waals surface area contributed by atoms with Gasteiger partial charge in [-0.25, -0.2) is 4.57 Å². The molecule has 0 saturated carbocycles. The normalized spacial score (nSPS) is 13.7. The summed E-state index contributed by atoms with van der Waals surface area (Å²) in [5.41, 5.74) is 0. The zero-order valence-corrected chi connectivity index (χ0v) is 40.7. The number of hydrogen-bond acceptors (Lipinski definition) is 7. The number of amides is 1. The van der Waals surface area contributed by atoms with Crippen LogP contribution in [0.1, 0.15) is 226 Å². The molecule has 0 heterocycles. The van der Waals surface area contributed by atoms with Crippen molar-refractivity contribution in [2.75, 3.05) is 26.4 Å². The smallest absolute Gasteiger partial charge is 0.463 e. The number of unbranched alkanes of at least 4 members (excludes halogenated alkanes) is 24. The highest BCUT2D eigenvalue weighted by atomic mass is 31.2. The number of phosphoric ester groups is 1. The first-order chi connectivity index (χ1) is 30.3. The van der Waals surface area contributed by atoms with Crippen LogP contribution in [0.5, 0.6) is 0 Å². The lowest BCUT2D eigenvalue weighted by Crippen LogP contribution is -2.27. The van der Waals surface area contributed by atoms with E-state index in [0.29, 0.717) is 6.42 Å². The quantitative estimate of drug-likeness (QED) is 0.0238. The molecule has 0 saturated heterocycles. The molecule has 360 valence electrons. The van der Waals surface area contributed by atoms with Crippen LogP contribution < -0.4 is 5.32 Å². The number of esters is 1. The molecule has 2 unspecified atom stereocenters. The lowest BCUT2D eigenvalue weighted by Gasteiger charge is -2.15. The highest BCUT2D eigenvalue weighted by Crippen LogP contribution is 2.42. The van der Waals surface area contributed by atoms with Gasteiger partial charge in [-0.15, -0.1) is 0 Å². The predicted molar refractivity (Wildman–Crippen MR) is 261 cm³/mol. The van der Waals surface area contributed by atoms with Crippen LogP contribution >= 0.6 is 7.82 Å². The van der Waals surface area contributed by atoms with Crippen LogP contribution in [0.25, 0.3) is 0 Å². The van der Waals surface area contributed by atoms with E-state index in [-0.39, 0.29) is 32.1 Å². The molecule has 1 amide bonds. The van der Waals surface area contributed by atoms with E-state index >= 15 is 0 Å². The van der Waals surface area contributed by atoms with Crippen LogP contribution in [0.4, 0.5) is 0 Å². The third kappa shape index (κ3) is 48.7. The van der Waals surface area contributed by atoms with Crippen molar-refractivity contribution in [3.8, 4) is 0 Å². The first-order valence-corrected chi connectivity index (χ1v) is 26.8. The van der Waals surface area contributed by atoms with Crippen LogP contribution in [0.15, 0.2) is 60.8 Å². The number of aliphatic hydroxyl groups excluding tert-OH is 1. The molecule has 0 rings (SSSR count). The van der Waals surface area contributed by atoms with Gasteiger partial charge in [0.2, 0.25) is 5.91 Å². The number of aliphatic hydroxyl groups is 1. The Morgan fingerprint density at radius 2 is 0.919 bits per heavy atom. The van der Waals surface area contributed by atoms with Crippen LogP contribution in [-0.2, 0) is 27.9 Å². The summed E-state index contributed by atoms with van der Waals surface area (Å²) in [5.74, 6) is -0.523. The minimum absolute atomic E-state index is 0.0811. The van der Waals surface area contributed by atoms with Gasteiger partial charge in [0.15, 0.2) is 0 Å². The summed E-state index contributed by atoms with van der Waals surface area (Å²) in [6.07, 6.45) is 58.7. The Kier molecular flexibility index (Phi) is 46.4. The average Bonchev–Trinajstić information content (AvgIpc) is 3.26. The van der Waals surface area contributed by atoms with E-state index < -0.39 is 26.5 Å². The lowest BCUT2D eigenvalue weighted by atomic mass is 10.0. The number of rotatable bonds is 47. The highest BCUT2D eigenvalue weighted by Gasteiger charge is 2.23. The number of allylic oxidation sites excluding steroid dienone is 10. The summed E-state index contributed by atoms with van der Waals surface area (Å²) in [5, 5.41) is 12.7. The molecular formula is C52H94NO8P. The van der Waals surface area contributed by atoms with E-state index in [9.17, 15) is 24.2 Å². The molecule has 0 radical (unpaired) electrons. The van der Waals surface area contributed by atoms with Gasteiger partial charge in [0.05, 0.1) is 13.2 Å². The number of nitrogens with one attached hydrogen (secondary N) is 1. The van der Waals surface area contributed by atoms with E-state index in [0.717, 1.165) is 83.5 Å². The maximum Gasteiger partial charge on any atom is 0.472 e. The molecule has 0 aromatic heterocycles. The van der Waals surface area contributed by atoms with E-state index in [2.05, 4.69) is 79.9 Å². The standard InChI is InChI=1S/C52H94NO8P/c1-3-5-7-9-11-13-15-17-19-21-23-24-25-26-27-29-31-33-35-37-39-41-43-45-52(56)59-48-50(54)49-61-62(57,58)60-47-46-53-51(55)44-42-40-38-36-34-32-30-28-22-20-18-16-14-12-10-8-6-4-2/h5,7,11,13,17,19,23-24,26-27,50,54H,3-4,6,8-10,12,14-16,18,20-22,25,28-49H2,1-2H3,(H,53,55)(H,57,58)/b7-5-,13-11-,19-17-,24-23-,27-26-. The van der Waals surface area contributed by atoms with Crippen molar-refractivity contribution in [3.05, 3.63) is 60.8 Å². The molecule has 0 aliphatic heterocycles. The summed E-state index contributed by atoms with van der Waals surface area (Å²) in [6.45, 7) is 3.46. The van der Waals surface area contributed by atoms with E-state index in [1.807, 2.05) is 0 Å². The third-order valence-corrected chi connectivity index (χ3v) is 11.7. The van der Waals surface area contributed by atoms with Crippen molar-refractivity contribution in [2.45, 2.75) is 232 Å². The van der Waals surface area contributed by atoms with Crippen LogP contribution in [0.3, 0.4) is 0 Å². The van der Waals surface area contributed by atoms with Crippen LogP contribution in [0.2, 0.25) is 0 Å². The molecule has 0 spiro atoms. The molecule has 0 aliphatic rings. The number of ether oxygens (including phenoxy) is 1. The third-order valence-electron chi connectivity index (χ3n) is 10.7. The van der Waals surface area contributed by atoms with E-state index in [1.54, 1.807) is 0 Å². The van der Waals surface area contributed by atoms with Gasteiger partial charge >= 0.3 is 13.8 Å². The molecule has 62 heavy (non-hydrogen) atoms. The van der Waals surface area contributed by atoms with Gasteiger partial charge < -0.3 is 20.1 Å². The lowest BCUT2D eigenvalue weighted by molar-refractivity contribution is -0.147. The Morgan fingerprint density at radius 3 is 1.39 bits per heavy atom. The molecule has 0 aromatic rings. The fraction of sp³-hybridized carbons (Fsp3) is 0.769. The highest BCUT2D eigenvalue weighted by molar-refractivity contribution is 7.47. The molecule has 9 nitrogen and oxygen atoms in total. The van der Waals surface area contributed by atoms with Gasteiger partial charge in [0, 0.05) is 19.4 Å². The fourth-order valence-electron chi connectivity index (χ4n) is 6.94. The largest absolute Gasteiger partial charge is 0.472 e. The second kappa shape index (κ2) is 48.2. The van der Waals surface area contributed by atoms with Gasteiger partial charge in [-0.3, -0.25) is 18.6 Å². The molecule has 10 heteroatoms. The topological polar surface area (TPSA) is 131 Å². The summed E-state index contributed by atoms with van der Waals surface area (Å²) in [4.78, 5) is 34.1. The maximum absolute atomic E-state index is 12.1. The van der Waals surface area contributed by atoms with Crippen LogP contribution in [-0.4, -0.2) is 54.3 Å². The first kappa shape index (κ1) is 59.7. The van der Waals surface area contributed by atoms with Gasteiger partial charge in [0.25, 0.3) is 0 Å². The predicted octanol–water partition coefficient (Wildman–Crippen LogP) is 14.8. The van der Waals surface area contributed by atoms with E-state index in [4.69, 9.17) is 13.8 Å². The van der Waals surface area contributed by atoms with Crippen molar-refractivity contribution in [1.29, 1.82) is 0 Å². The molecule has 0 fully saturated rings. The van der Waals surface area contributed by atoms with Gasteiger partial charge in [-0.2, -0.15) is 0 Å². The average molecular weight is 892 g/mol. The monoisotopic (exact) mass is 892 g/mol. The molecule has 0 aromatic carbocycles. The van der Waals surface area contributed by atoms with Crippen LogP contribution in [0, 0.1) is 0 Å². The number of carbonyl (C=O) groups excluding carboxylic acids is 2. The number of phosphoric acid groups is 1. The summed E-state index contributed by atoms with van der Waals surface area (Å²) in [6, 6.07) is 0. The molecule has 2 atom stereocenters. The van der Waals surface area contributed by atoms with Gasteiger partial charge in [0.1, 0.15) is 12.7 Å². The zero-order valence-electron chi connectivity index (χ0n) is 39.8. The van der Waals surface area contributed by atoms with Crippen molar-refractivity contribution >= 4 is 19.7 Å². The Hall–Kier alpha value is -2.29. The molecule has 3 N–H and O–H groups in total. The minimum atomic E-state index is -4.43. The van der Waals surface area contributed by atoms with Gasteiger partial charge in [-0.05, 0) is 57.8 Å². The summed E-state index contributed by atoms with van der Waals surface area (Å²) in [7, 11) is -4.43. The molecule has 0 aliphatic carbocycles. The van der Waals surface area contributed by atoms with E-state index in [1.165, 1.54) is 116 Å². The Morgan fingerprint density at radius 1 is 0.516 bits per heavy atom. The maximum atomic E-state index is 12.1. The second-order valence-electron chi connectivity index (χ2n) is 16.8. The molecular weight excluding hydrogens is 798 g/mol. The summed E-state index contributed by atoms with van der Waals surface area (Å²) < 4.78 is 27.0. The molecule has 0 bridgehead atoms. The first-order valence-electron chi connectivity index (χ1n) is 25.3. The fourth-order valence-corrected chi connectivity index (χ4v) is 7.69. The zero-order chi connectivity index (χ0) is 45.3. The van der Waals surface area contributed by atoms with Gasteiger partial charge in [-0.1, -0.05) is 216 Å². The Bertz CT molecular complexity index is 1200. The minimum Gasteiger partial charge on any atom is -0.463 e. The summed E-state index contributed by atoms with van der Waals surface area (Å²) >= 11 is 0. The second-order valence-corrected chi connectivity index (χ2v) is 18.2.